The summed E-state index contributed by atoms with van der Waals surface area (Å²) < 4.78 is 10.7. The Morgan fingerprint density at radius 3 is 3.12 bits per heavy atom. The highest BCUT2D eigenvalue weighted by molar-refractivity contribution is 7.99. The number of carbonyl (C=O) groups excluding carboxylic acids is 2. The van der Waals surface area contributed by atoms with Crippen molar-refractivity contribution in [3.05, 3.63) is 35.7 Å². The van der Waals surface area contributed by atoms with E-state index >= 15 is 0 Å². The number of pyridine rings is 1. The maximum Gasteiger partial charge on any atom is 0.343 e. The molecule has 1 unspecified atom stereocenters. The van der Waals surface area contributed by atoms with Crippen LogP contribution in [0.3, 0.4) is 0 Å². The molecule has 0 spiro atoms. The zero-order chi connectivity index (χ0) is 17.6. The Bertz CT molecular complexity index is 758. The Morgan fingerprint density at radius 1 is 1.48 bits per heavy atom. The van der Waals surface area contributed by atoms with E-state index < -0.39 is 11.9 Å². The third-order valence-corrected chi connectivity index (χ3v) is 4.68. The molecule has 1 saturated heterocycles. The number of nitrogens with zero attached hydrogens (tertiary/aromatic N) is 2. The van der Waals surface area contributed by atoms with Crippen LogP contribution >= 0.6 is 11.8 Å². The van der Waals surface area contributed by atoms with Crippen molar-refractivity contribution in [2.75, 3.05) is 23.4 Å². The second-order valence-corrected chi connectivity index (χ2v) is 6.47. The molecule has 8 nitrogen and oxygen atoms in total. The predicted molar refractivity (Wildman–Crippen MR) is 93.1 cm³/mol. The SMILES string of the molecule is CCOC(=O)c1cn[nH]c1NC(=O)c1ccnc(OC2CCSC2)c1. The Balaban J connectivity index is 1.69. The van der Waals surface area contributed by atoms with Crippen molar-refractivity contribution in [1.29, 1.82) is 0 Å². The lowest BCUT2D eigenvalue weighted by Crippen LogP contribution is -2.18. The van der Waals surface area contributed by atoms with Crippen molar-refractivity contribution in [2.45, 2.75) is 19.4 Å². The van der Waals surface area contributed by atoms with Gasteiger partial charge >= 0.3 is 5.97 Å². The van der Waals surface area contributed by atoms with Gasteiger partial charge in [-0.3, -0.25) is 9.89 Å². The topological polar surface area (TPSA) is 106 Å². The molecule has 2 N–H and O–H groups in total. The van der Waals surface area contributed by atoms with Crippen molar-refractivity contribution in [2.24, 2.45) is 0 Å². The smallest absolute Gasteiger partial charge is 0.343 e. The van der Waals surface area contributed by atoms with Gasteiger partial charge in [0.2, 0.25) is 5.88 Å². The molecule has 1 fully saturated rings. The molecule has 1 atom stereocenters. The number of aromatic nitrogens is 3. The van der Waals surface area contributed by atoms with E-state index in [0.29, 0.717) is 11.4 Å². The minimum Gasteiger partial charge on any atom is -0.473 e. The van der Waals surface area contributed by atoms with Gasteiger partial charge in [0.25, 0.3) is 5.91 Å². The molecule has 0 aromatic carbocycles. The van der Waals surface area contributed by atoms with Crippen molar-refractivity contribution < 1.29 is 19.1 Å². The number of H-pyrrole nitrogens is 1. The summed E-state index contributed by atoms with van der Waals surface area (Å²) in [5, 5.41) is 8.99. The van der Waals surface area contributed by atoms with E-state index in [1.807, 2.05) is 11.8 Å². The van der Waals surface area contributed by atoms with Gasteiger partial charge in [0.1, 0.15) is 17.5 Å². The maximum atomic E-state index is 12.4. The van der Waals surface area contributed by atoms with Crippen LogP contribution in [0.1, 0.15) is 34.1 Å². The molecule has 0 radical (unpaired) electrons. The molecule has 3 heterocycles. The highest BCUT2D eigenvalue weighted by Crippen LogP contribution is 2.22. The second kappa shape index (κ2) is 8.02. The first-order chi connectivity index (χ1) is 12.2. The van der Waals surface area contributed by atoms with Gasteiger partial charge in [-0.2, -0.15) is 16.9 Å². The quantitative estimate of drug-likeness (QED) is 0.758. The second-order valence-electron chi connectivity index (χ2n) is 5.32. The summed E-state index contributed by atoms with van der Waals surface area (Å²) in [5.74, 6) is 1.65. The number of amides is 1. The molecule has 132 valence electrons. The van der Waals surface area contributed by atoms with Crippen LogP contribution in [-0.2, 0) is 4.74 Å². The minimum atomic E-state index is -0.552. The Hall–Kier alpha value is -2.55. The largest absolute Gasteiger partial charge is 0.473 e. The van der Waals surface area contributed by atoms with Gasteiger partial charge in [-0.05, 0) is 25.2 Å². The number of esters is 1. The summed E-state index contributed by atoms with van der Waals surface area (Å²) in [5.41, 5.74) is 0.545. The number of ether oxygens (including phenoxy) is 2. The zero-order valence-corrected chi connectivity index (χ0v) is 14.5. The standard InChI is InChI=1S/C16H18N4O4S/c1-2-23-16(22)12-8-18-20-14(12)19-15(21)10-3-5-17-13(7-10)24-11-4-6-25-9-11/h3,5,7-8,11H,2,4,6,9H2,1H3,(H2,18,19,20,21). The summed E-state index contributed by atoms with van der Waals surface area (Å²) in [6.45, 7) is 1.94. The fraction of sp³-hybridized carbons (Fsp3) is 0.375. The molecule has 2 aromatic heterocycles. The molecule has 0 aliphatic carbocycles. The molecular formula is C16H18N4O4S. The number of rotatable bonds is 6. The predicted octanol–water partition coefficient (Wildman–Crippen LogP) is 2.12. The molecule has 1 aliphatic heterocycles. The van der Waals surface area contributed by atoms with Gasteiger partial charge < -0.3 is 14.8 Å². The molecule has 3 rings (SSSR count). The van der Waals surface area contributed by atoms with E-state index in [2.05, 4.69) is 20.5 Å². The number of anilines is 1. The Morgan fingerprint density at radius 2 is 2.36 bits per heavy atom. The number of aromatic amines is 1. The Labute approximate surface area is 148 Å². The van der Waals surface area contributed by atoms with Gasteiger partial charge in [-0.15, -0.1) is 0 Å². The number of thioether (sulfide) groups is 1. The van der Waals surface area contributed by atoms with Gasteiger partial charge in [0, 0.05) is 23.6 Å². The summed E-state index contributed by atoms with van der Waals surface area (Å²) >= 11 is 1.84. The van der Waals surface area contributed by atoms with E-state index in [-0.39, 0.29) is 24.1 Å². The summed E-state index contributed by atoms with van der Waals surface area (Å²) in [4.78, 5) is 28.4. The van der Waals surface area contributed by atoms with Crippen molar-refractivity contribution in [3.63, 3.8) is 0 Å². The lowest BCUT2D eigenvalue weighted by molar-refractivity contribution is 0.0527. The highest BCUT2D eigenvalue weighted by atomic mass is 32.2. The third-order valence-electron chi connectivity index (χ3n) is 3.55. The molecule has 0 bridgehead atoms. The van der Waals surface area contributed by atoms with Crippen LogP contribution in [0.5, 0.6) is 5.88 Å². The summed E-state index contributed by atoms with van der Waals surface area (Å²) in [7, 11) is 0. The third kappa shape index (κ3) is 4.30. The monoisotopic (exact) mass is 362 g/mol. The zero-order valence-electron chi connectivity index (χ0n) is 13.7. The van der Waals surface area contributed by atoms with Crippen LogP contribution < -0.4 is 10.1 Å². The molecule has 1 amide bonds. The van der Waals surface area contributed by atoms with Crippen molar-refractivity contribution in [3.8, 4) is 5.88 Å². The molecule has 2 aromatic rings. The van der Waals surface area contributed by atoms with Crippen LogP contribution in [-0.4, -0.2) is 51.3 Å². The van der Waals surface area contributed by atoms with Crippen LogP contribution in [0.2, 0.25) is 0 Å². The molecule has 1 aliphatic rings. The first-order valence-corrected chi connectivity index (χ1v) is 9.05. The number of nitrogens with one attached hydrogen (secondary N) is 2. The number of carbonyl (C=O) groups is 2. The lowest BCUT2D eigenvalue weighted by atomic mass is 10.2. The van der Waals surface area contributed by atoms with Crippen molar-refractivity contribution in [1.82, 2.24) is 15.2 Å². The van der Waals surface area contributed by atoms with E-state index in [9.17, 15) is 9.59 Å². The average Bonchev–Trinajstić information content (AvgIpc) is 3.27. The fourth-order valence-corrected chi connectivity index (χ4v) is 3.42. The fourth-order valence-electron chi connectivity index (χ4n) is 2.32. The number of hydrogen-bond donors (Lipinski definition) is 2. The summed E-state index contributed by atoms with van der Waals surface area (Å²) in [6, 6.07) is 3.16. The van der Waals surface area contributed by atoms with E-state index in [1.54, 1.807) is 19.1 Å². The molecule has 25 heavy (non-hydrogen) atoms. The normalized spacial score (nSPS) is 16.4. The average molecular weight is 362 g/mol. The van der Waals surface area contributed by atoms with E-state index in [4.69, 9.17) is 9.47 Å². The number of hydrogen-bond acceptors (Lipinski definition) is 7. The van der Waals surface area contributed by atoms with Crippen LogP contribution in [0, 0.1) is 0 Å². The van der Waals surface area contributed by atoms with Crippen LogP contribution in [0.15, 0.2) is 24.5 Å². The maximum absolute atomic E-state index is 12.4. The lowest BCUT2D eigenvalue weighted by Gasteiger charge is -2.12. The minimum absolute atomic E-state index is 0.124. The molecule has 9 heteroatoms. The first-order valence-electron chi connectivity index (χ1n) is 7.89. The van der Waals surface area contributed by atoms with E-state index in [1.165, 1.54) is 12.4 Å². The van der Waals surface area contributed by atoms with Gasteiger partial charge in [0.05, 0.1) is 12.8 Å². The first kappa shape index (κ1) is 17.3. The van der Waals surface area contributed by atoms with Crippen molar-refractivity contribution >= 4 is 29.5 Å². The van der Waals surface area contributed by atoms with Crippen LogP contribution in [0.25, 0.3) is 0 Å². The molecule has 0 saturated carbocycles. The van der Waals surface area contributed by atoms with Crippen LogP contribution in [0.4, 0.5) is 5.82 Å². The molecular weight excluding hydrogens is 344 g/mol. The van der Waals surface area contributed by atoms with Gasteiger partial charge in [0.15, 0.2) is 0 Å². The Kier molecular flexibility index (Phi) is 5.54. The van der Waals surface area contributed by atoms with Gasteiger partial charge in [-0.1, -0.05) is 0 Å². The highest BCUT2D eigenvalue weighted by Gasteiger charge is 2.20. The van der Waals surface area contributed by atoms with E-state index in [0.717, 1.165) is 17.9 Å². The summed E-state index contributed by atoms with van der Waals surface area (Å²) in [6.07, 6.45) is 3.93. The van der Waals surface area contributed by atoms with Gasteiger partial charge in [-0.25, -0.2) is 9.78 Å².